The van der Waals surface area contributed by atoms with Gasteiger partial charge in [0.1, 0.15) is 6.61 Å². The molecular formula is C19H24N2O2. The number of benzene rings is 2. The zero-order valence-electron chi connectivity index (χ0n) is 13.6. The fraction of sp³-hybridized carbons (Fsp3) is 0.421. The lowest BCUT2D eigenvalue weighted by molar-refractivity contribution is -0.137. The van der Waals surface area contributed by atoms with E-state index < -0.39 is 0 Å². The monoisotopic (exact) mass is 312 g/mol. The summed E-state index contributed by atoms with van der Waals surface area (Å²) in [6.07, 6.45) is 2.19. The van der Waals surface area contributed by atoms with Crippen LogP contribution in [0.15, 0.2) is 42.5 Å². The minimum atomic E-state index is 0.0386. The van der Waals surface area contributed by atoms with Crippen molar-refractivity contribution < 1.29 is 9.53 Å². The van der Waals surface area contributed by atoms with Crippen molar-refractivity contribution >= 4 is 16.7 Å². The SMILES string of the molecule is CN(Cc1ccc2ccccc2c1)C(=O)COC1CCNCC1. The van der Waals surface area contributed by atoms with Crippen LogP contribution < -0.4 is 5.32 Å². The molecule has 1 amide bonds. The van der Waals surface area contributed by atoms with Crippen molar-refractivity contribution in [3.05, 3.63) is 48.0 Å². The first-order valence-corrected chi connectivity index (χ1v) is 8.26. The molecule has 2 aromatic rings. The Balaban J connectivity index is 1.54. The summed E-state index contributed by atoms with van der Waals surface area (Å²) in [6, 6.07) is 14.6. The van der Waals surface area contributed by atoms with Gasteiger partial charge in [0.2, 0.25) is 5.91 Å². The Morgan fingerprint density at radius 3 is 2.70 bits per heavy atom. The number of nitrogens with one attached hydrogen (secondary N) is 1. The van der Waals surface area contributed by atoms with Crippen LogP contribution in [0.1, 0.15) is 18.4 Å². The third-order valence-electron chi connectivity index (χ3n) is 4.39. The summed E-state index contributed by atoms with van der Waals surface area (Å²) in [4.78, 5) is 14.0. The predicted molar refractivity (Wildman–Crippen MR) is 92.3 cm³/mol. The summed E-state index contributed by atoms with van der Waals surface area (Å²) in [5.74, 6) is 0.0386. The van der Waals surface area contributed by atoms with Gasteiger partial charge in [-0.05, 0) is 48.3 Å². The van der Waals surface area contributed by atoms with E-state index in [9.17, 15) is 4.79 Å². The fourth-order valence-electron chi connectivity index (χ4n) is 2.96. The van der Waals surface area contributed by atoms with Crippen molar-refractivity contribution in [2.24, 2.45) is 0 Å². The molecule has 3 rings (SSSR count). The van der Waals surface area contributed by atoms with Gasteiger partial charge in [-0.25, -0.2) is 0 Å². The number of carbonyl (C=O) groups is 1. The summed E-state index contributed by atoms with van der Waals surface area (Å²) in [5, 5.41) is 5.72. The Morgan fingerprint density at radius 1 is 1.17 bits per heavy atom. The van der Waals surface area contributed by atoms with Gasteiger partial charge in [0.25, 0.3) is 0 Å². The number of rotatable bonds is 5. The molecule has 1 saturated heterocycles. The van der Waals surface area contributed by atoms with E-state index >= 15 is 0 Å². The maximum absolute atomic E-state index is 12.2. The smallest absolute Gasteiger partial charge is 0.248 e. The van der Waals surface area contributed by atoms with Gasteiger partial charge in [0, 0.05) is 13.6 Å². The first-order chi connectivity index (χ1) is 11.2. The molecule has 1 heterocycles. The summed E-state index contributed by atoms with van der Waals surface area (Å²) in [6.45, 7) is 2.74. The van der Waals surface area contributed by atoms with Crippen LogP contribution in [0.5, 0.6) is 0 Å². The van der Waals surface area contributed by atoms with Crippen LogP contribution >= 0.6 is 0 Å². The molecule has 1 aliphatic rings. The lowest BCUT2D eigenvalue weighted by atomic mass is 10.1. The number of amides is 1. The van der Waals surface area contributed by atoms with E-state index in [4.69, 9.17) is 4.74 Å². The van der Waals surface area contributed by atoms with E-state index in [1.807, 2.05) is 19.2 Å². The third-order valence-corrected chi connectivity index (χ3v) is 4.39. The molecule has 0 bridgehead atoms. The Hall–Kier alpha value is -1.91. The number of nitrogens with zero attached hydrogens (tertiary/aromatic N) is 1. The van der Waals surface area contributed by atoms with Gasteiger partial charge in [-0.1, -0.05) is 36.4 Å². The van der Waals surface area contributed by atoms with Gasteiger partial charge < -0.3 is 15.0 Å². The number of carbonyl (C=O) groups excluding carboxylic acids is 1. The molecule has 23 heavy (non-hydrogen) atoms. The van der Waals surface area contributed by atoms with E-state index in [1.54, 1.807) is 4.90 Å². The molecule has 0 spiro atoms. The standard InChI is InChI=1S/C19H24N2O2/c1-21(19(22)14-23-18-8-10-20-11-9-18)13-15-6-7-16-4-2-3-5-17(16)12-15/h2-7,12,18,20H,8-11,13-14H2,1H3. The van der Waals surface area contributed by atoms with Crippen LogP contribution in [0, 0.1) is 0 Å². The molecule has 1 aliphatic heterocycles. The molecule has 0 aromatic heterocycles. The topological polar surface area (TPSA) is 41.6 Å². The molecule has 122 valence electrons. The summed E-state index contributed by atoms with van der Waals surface area (Å²) in [7, 11) is 1.84. The molecule has 4 nitrogen and oxygen atoms in total. The van der Waals surface area contributed by atoms with E-state index in [0.29, 0.717) is 6.54 Å². The quantitative estimate of drug-likeness (QED) is 0.922. The van der Waals surface area contributed by atoms with E-state index in [2.05, 4.69) is 35.6 Å². The number of hydrogen-bond acceptors (Lipinski definition) is 3. The van der Waals surface area contributed by atoms with Crippen LogP contribution in [0.2, 0.25) is 0 Å². The summed E-state index contributed by atoms with van der Waals surface area (Å²) in [5.41, 5.74) is 1.14. The van der Waals surface area contributed by atoms with E-state index in [1.165, 1.54) is 10.8 Å². The van der Waals surface area contributed by atoms with Crippen molar-refractivity contribution in [1.82, 2.24) is 10.2 Å². The van der Waals surface area contributed by atoms with Crippen molar-refractivity contribution in [3.63, 3.8) is 0 Å². The van der Waals surface area contributed by atoms with Crippen LogP contribution in [0.3, 0.4) is 0 Å². The highest BCUT2D eigenvalue weighted by Crippen LogP contribution is 2.16. The Bertz CT molecular complexity index is 665. The van der Waals surface area contributed by atoms with Crippen LogP contribution in [0.4, 0.5) is 0 Å². The highest BCUT2D eigenvalue weighted by atomic mass is 16.5. The van der Waals surface area contributed by atoms with Gasteiger partial charge in [0.05, 0.1) is 6.10 Å². The molecule has 4 heteroatoms. The second-order valence-corrected chi connectivity index (χ2v) is 6.19. The Labute approximate surface area is 137 Å². The molecular weight excluding hydrogens is 288 g/mol. The maximum atomic E-state index is 12.2. The predicted octanol–water partition coefficient (Wildman–Crippen LogP) is 2.57. The van der Waals surface area contributed by atoms with Gasteiger partial charge in [-0.3, -0.25) is 4.79 Å². The second kappa shape index (κ2) is 7.57. The molecule has 2 aromatic carbocycles. The average Bonchev–Trinajstić information content (AvgIpc) is 2.60. The molecule has 0 atom stereocenters. The molecule has 0 saturated carbocycles. The minimum Gasteiger partial charge on any atom is -0.368 e. The molecule has 0 aliphatic carbocycles. The molecule has 0 radical (unpaired) electrons. The van der Waals surface area contributed by atoms with Gasteiger partial charge in [-0.15, -0.1) is 0 Å². The van der Waals surface area contributed by atoms with Crippen molar-refractivity contribution in [3.8, 4) is 0 Å². The van der Waals surface area contributed by atoms with Gasteiger partial charge >= 0.3 is 0 Å². The van der Waals surface area contributed by atoms with Crippen molar-refractivity contribution in [2.75, 3.05) is 26.7 Å². The van der Waals surface area contributed by atoms with Crippen molar-refractivity contribution in [2.45, 2.75) is 25.5 Å². The summed E-state index contributed by atoms with van der Waals surface area (Å²) < 4.78 is 5.74. The summed E-state index contributed by atoms with van der Waals surface area (Å²) >= 11 is 0. The number of fused-ring (bicyclic) bond motifs is 1. The number of piperidine rings is 1. The molecule has 1 N–H and O–H groups in total. The lowest BCUT2D eigenvalue weighted by Gasteiger charge is -2.24. The van der Waals surface area contributed by atoms with Gasteiger partial charge in [0.15, 0.2) is 0 Å². The zero-order chi connectivity index (χ0) is 16.1. The van der Waals surface area contributed by atoms with E-state index in [-0.39, 0.29) is 18.6 Å². The van der Waals surface area contributed by atoms with Crippen LogP contribution in [0.25, 0.3) is 10.8 Å². The van der Waals surface area contributed by atoms with E-state index in [0.717, 1.165) is 31.5 Å². The third kappa shape index (κ3) is 4.30. The second-order valence-electron chi connectivity index (χ2n) is 6.19. The number of likely N-dealkylation sites (N-methyl/N-ethyl adjacent to an activating group) is 1. The normalized spacial score (nSPS) is 15.7. The fourth-order valence-corrected chi connectivity index (χ4v) is 2.96. The number of hydrogen-bond donors (Lipinski definition) is 1. The largest absolute Gasteiger partial charge is 0.368 e. The zero-order valence-corrected chi connectivity index (χ0v) is 13.6. The first kappa shape index (κ1) is 16.0. The highest BCUT2D eigenvalue weighted by molar-refractivity contribution is 5.83. The molecule has 1 fully saturated rings. The van der Waals surface area contributed by atoms with Crippen LogP contribution in [-0.2, 0) is 16.1 Å². The maximum Gasteiger partial charge on any atom is 0.248 e. The minimum absolute atomic E-state index is 0.0386. The van der Waals surface area contributed by atoms with Crippen LogP contribution in [-0.4, -0.2) is 43.7 Å². The first-order valence-electron chi connectivity index (χ1n) is 8.26. The number of ether oxygens (including phenoxy) is 1. The highest BCUT2D eigenvalue weighted by Gasteiger charge is 2.16. The van der Waals surface area contributed by atoms with Crippen molar-refractivity contribution in [1.29, 1.82) is 0 Å². The Kier molecular flexibility index (Phi) is 5.26. The Morgan fingerprint density at radius 2 is 1.91 bits per heavy atom. The molecule has 0 unspecified atom stereocenters. The lowest BCUT2D eigenvalue weighted by Crippen LogP contribution is -2.36. The van der Waals surface area contributed by atoms with Gasteiger partial charge in [-0.2, -0.15) is 0 Å². The average molecular weight is 312 g/mol.